The molecule has 0 aliphatic heterocycles. The van der Waals surface area contributed by atoms with Crippen molar-refractivity contribution >= 4 is 27.1 Å². The summed E-state index contributed by atoms with van der Waals surface area (Å²) < 4.78 is 23.3. The second-order valence-corrected chi connectivity index (χ2v) is 6.83. The van der Waals surface area contributed by atoms with Gasteiger partial charge in [-0.1, -0.05) is 41.9 Å². The van der Waals surface area contributed by atoms with Crippen LogP contribution < -0.4 is 5.23 Å². The van der Waals surface area contributed by atoms with Crippen LogP contribution in [0.5, 0.6) is 0 Å². The fraction of sp³-hybridized carbons (Fsp3) is 0.0769. The first-order valence-electron chi connectivity index (χ1n) is 5.69. The van der Waals surface area contributed by atoms with Gasteiger partial charge < -0.3 is 5.21 Å². The molecule has 0 saturated heterocycles. The number of nitrogens with one attached hydrogen (secondary N) is 1. The van der Waals surface area contributed by atoms with Crippen molar-refractivity contribution < 1.29 is 18.9 Å². The molecule has 0 saturated carbocycles. The molecule has 106 valence electrons. The molecule has 2 N–H and O–H groups in total. The lowest BCUT2D eigenvalue weighted by Crippen LogP contribution is -2.99. The largest absolute Gasteiger partial charge is 0.595 e. The van der Waals surface area contributed by atoms with Crippen molar-refractivity contribution in [1.29, 1.82) is 0 Å². The first kappa shape index (κ1) is 15.0. The molecule has 2 unspecified atom stereocenters. The summed E-state index contributed by atoms with van der Waals surface area (Å²) in [5.41, 5.74) is 0.412. The van der Waals surface area contributed by atoms with Crippen LogP contribution in [-0.4, -0.2) is 13.6 Å². The predicted octanol–water partition coefficient (Wildman–Crippen LogP) is 1.80. The maximum Gasteiger partial charge on any atom is 0.199 e. The van der Waals surface area contributed by atoms with Crippen molar-refractivity contribution in [1.82, 2.24) is 0 Å². The molecule has 2 atom stereocenters. The van der Waals surface area contributed by atoms with Gasteiger partial charge in [0, 0.05) is 12.1 Å². The van der Waals surface area contributed by atoms with Crippen LogP contribution in [0.4, 0.5) is 5.69 Å². The first-order chi connectivity index (χ1) is 9.43. The van der Waals surface area contributed by atoms with Crippen LogP contribution in [0, 0.1) is 5.21 Å². The molecule has 0 aliphatic rings. The molecule has 0 heterocycles. The van der Waals surface area contributed by atoms with E-state index >= 15 is 0 Å². The molecule has 5 nitrogen and oxygen atoms in total. The third-order valence-corrected chi connectivity index (χ3v) is 5.47. The van der Waals surface area contributed by atoms with Crippen molar-refractivity contribution in [2.75, 3.05) is 0 Å². The highest BCUT2D eigenvalue weighted by Crippen LogP contribution is 2.32. The Kier molecular flexibility index (Phi) is 4.42. The van der Waals surface area contributed by atoms with Gasteiger partial charge in [-0.15, -0.1) is 0 Å². The normalized spacial score (nSPS) is 14.8. The molecule has 2 aromatic rings. The highest BCUT2D eigenvalue weighted by atomic mass is 35.5. The minimum atomic E-state index is -3.71. The van der Waals surface area contributed by atoms with Gasteiger partial charge in [-0.2, -0.15) is 5.23 Å². The summed E-state index contributed by atoms with van der Waals surface area (Å²) in [5.74, 6) is 0. The maximum absolute atomic E-state index is 12.3. The van der Waals surface area contributed by atoms with E-state index in [1.807, 2.05) is 0 Å². The SMILES string of the molecule is O=S(=O)(c1ccccc1)C(Cl)c1ccc([NH+]([O-])O)cc1. The minimum absolute atomic E-state index is 0.0784. The number of benzene rings is 2. The fourth-order valence-electron chi connectivity index (χ4n) is 1.69. The van der Waals surface area contributed by atoms with E-state index in [-0.39, 0.29) is 10.6 Å². The molecule has 2 rings (SSSR count). The summed E-state index contributed by atoms with van der Waals surface area (Å²) >= 11 is 6.03. The van der Waals surface area contributed by atoms with Crippen LogP contribution in [0.25, 0.3) is 0 Å². The van der Waals surface area contributed by atoms with Crippen LogP contribution in [0.2, 0.25) is 0 Å². The lowest BCUT2D eigenvalue weighted by atomic mass is 10.2. The van der Waals surface area contributed by atoms with Gasteiger partial charge in [-0.3, -0.25) is 0 Å². The summed E-state index contributed by atoms with van der Waals surface area (Å²) in [6, 6.07) is 13.3. The zero-order chi connectivity index (χ0) is 14.8. The fourth-order valence-corrected chi connectivity index (χ4v) is 3.43. The van der Waals surface area contributed by atoms with E-state index in [1.54, 1.807) is 18.2 Å². The van der Waals surface area contributed by atoms with E-state index in [1.165, 1.54) is 36.4 Å². The van der Waals surface area contributed by atoms with Crippen LogP contribution in [0.1, 0.15) is 10.3 Å². The molecule has 2 aromatic carbocycles. The molecule has 0 amide bonds. The molecule has 0 spiro atoms. The van der Waals surface area contributed by atoms with E-state index in [0.717, 1.165) is 0 Å². The third-order valence-electron chi connectivity index (χ3n) is 2.76. The molecular formula is C13H12ClNO4S. The molecule has 0 fully saturated rings. The molecule has 0 aromatic heterocycles. The van der Waals surface area contributed by atoms with Crippen LogP contribution in [0.3, 0.4) is 0 Å². The van der Waals surface area contributed by atoms with Crippen molar-refractivity contribution in [2.45, 2.75) is 9.60 Å². The quantitative estimate of drug-likeness (QED) is 0.666. The smallest absolute Gasteiger partial charge is 0.199 e. The van der Waals surface area contributed by atoms with Gasteiger partial charge in [0.2, 0.25) is 0 Å². The van der Waals surface area contributed by atoms with Gasteiger partial charge in [0.25, 0.3) is 0 Å². The Morgan fingerprint density at radius 1 is 1.05 bits per heavy atom. The number of hydrogen-bond acceptors (Lipinski definition) is 4. The zero-order valence-electron chi connectivity index (χ0n) is 10.2. The summed E-state index contributed by atoms with van der Waals surface area (Å²) in [5, 5.41) is 18.5. The monoisotopic (exact) mass is 313 g/mol. The standard InChI is InChI=1S/C13H12ClNO4S/c14-13(10-6-8-11(9-7-10)15(16)17)20(18,19)12-4-2-1-3-5-12/h1-9,13,15-16H. The van der Waals surface area contributed by atoms with Gasteiger partial charge >= 0.3 is 0 Å². The Balaban J connectivity index is 2.33. The number of sulfone groups is 1. The van der Waals surface area contributed by atoms with Crippen molar-refractivity contribution in [2.24, 2.45) is 0 Å². The average Bonchev–Trinajstić information content (AvgIpc) is 2.47. The Hall–Kier alpha value is -1.44. The van der Waals surface area contributed by atoms with Gasteiger partial charge in [0.1, 0.15) is 0 Å². The topological polar surface area (TPSA) is 81.9 Å². The Morgan fingerprint density at radius 2 is 1.60 bits per heavy atom. The van der Waals surface area contributed by atoms with Crippen molar-refractivity contribution in [3.63, 3.8) is 0 Å². The highest BCUT2D eigenvalue weighted by molar-refractivity contribution is 7.92. The number of quaternary nitrogens is 1. The van der Waals surface area contributed by atoms with Gasteiger partial charge in [-0.05, 0) is 17.7 Å². The number of hydrogen-bond donors (Lipinski definition) is 2. The number of halogens is 1. The summed E-state index contributed by atoms with van der Waals surface area (Å²) in [6.45, 7) is 0. The predicted molar refractivity (Wildman–Crippen MR) is 74.4 cm³/mol. The third kappa shape index (κ3) is 3.00. The first-order valence-corrected chi connectivity index (χ1v) is 7.67. The second-order valence-electron chi connectivity index (χ2n) is 4.10. The number of rotatable bonds is 4. The van der Waals surface area contributed by atoms with E-state index in [2.05, 4.69) is 0 Å². The van der Waals surface area contributed by atoms with Crippen molar-refractivity contribution in [3.05, 3.63) is 65.4 Å². The van der Waals surface area contributed by atoms with Gasteiger partial charge in [0.15, 0.2) is 20.2 Å². The van der Waals surface area contributed by atoms with E-state index in [9.17, 15) is 13.6 Å². The van der Waals surface area contributed by atoms with E-state index in [0.29, 0.717) is 5.56 Å². The van der Waals surface area contributed by atoms with Gasteiger partial charge in [-0.25, -0.2) is 13.6 Å². The van der Waals surface area contributed by atoms with E-state index in [4.69, 9.17) is 16.8 Å². The zero-order valence-corrected chi connectivity index (χ0v) is 11.8. The average molecular weight is 314 g/mol. The Morgan fingerprint density at radius 3 is 2.10 bits per heavy atom. The molecule has 7 heteroatoms. The van der Waals surface area contributed by atoms with Crippen molar-refractivity contribution in [3.8, 4) is 0 Å². The van der Waals surface area contributed by atoms with Gasteiger partial charge in [0.05, 0.1) is 4.90 Å². The minimum Gasteiger partial charge on any atom is -0.595 e. The van der Waals surface area contributed by atoms with Crippen LogP contribution >= 0.6 is 11.6 Å². The maximum atomic E-state index is 12.3. The lowest BCUT2D eigenvalue weighted by molar-refractivity contribution is -0.991. The summed E-state index contributed by atoms with van der Waals surface area (Å²) in [7, 11) is -3.71. The summed E-state index contributed by atoms with van der Waals surface area (Å²) in [6.07, 6.45) is 0. The van der Waals surface area contributed by atoms with Crippen LogP contribution in [0.15, 0.2) is 59.5 Å². The molecule has 0 aliphatic carbocycles. The molecule has 0 bridgehead atoms. The number of alkyl halides is 1. The molecule has 20 heavy (non-hydrogen) atoms. The second kappa shape index (κ2) is 5.90. The highest BCUT2D eigenvalue weighted by Gasteiger charge is 2.26. The summed E-state index contributed by atoms with van der Waals surface area (Å²) in [4.78, 5) is 0.127. The molecule has 0 radical (unpaired) electrons. The Bertz CT molecular complexity index is 671. The van der Waals surface area contributed by atoms with Crippen LogP contribution in [-0.2, 0) is 9.84 Å². The molecular weight excluding hydrogens is 302 g/mol. The van der Waals surface area contributed by atoms with E-state index < -0.39 is 19.8 Å². The lowest BCUT2D eigenvalue weighted by Gasteiger charge is -2.14. The Labute approximate surface area is 121 Å².